The molecule has 0 aromatic carbocycles. The topological polar surface area (TPSA) is 64.7 Å². The normalized spacial score (nSPS) is 25.4. The summed E-state index contributed by atoms with van der Waals surface area (Å²) in [4.78, 5) is 18.4. The first-order valence-electron chi connectivity index (χ1n) is 4.19. The van der Waals surface area contributed by atoms with Crippen LogP contribution in [0.3, 0.4) is 0 Å². The Morgan fingerprint density at radius 3 is 3.07 bits per heavy atom. The minimum Gasteiger partial charge on any atom is -0.313 e. The van der Waals surface area contributed by atoms with Gasteiger partial charge in [-0.15, -0.1) is 10.1 Å². The zero-order chi connectivity index (χ0) is 10.6. The average Bonchev–Trinajstić information content (AvgIpc) is 2.27. The van der Waals surface area contributed by atoms with E-state index in [0.717, 1.165) is 5.57 Å². The Kier molecular flexibility index (Phi) is 3.01. The highest BCUT2D eigenvalue weighted by Gasteiger charge is 2.21. The molecule has 0 amide bonds. The van der Waals surface area contributed by atoms with Crippen LogP contribution in [0.2, 0.25) is 0 Å². The third-order valence-corrected chi connectivity index (χ3v) is 1.86. The highest BCUT2D eigenvalue weighted by atomic mass is 16.9. The fraction of sp³-hybridized carbons (Fsp3) is 0.444. The van der Waals surface area contributed by atoms with Crippen molar-refractivity contribution >= 4 is 6.21 Å². The first-order chi connectivity index (χ1) is 6.52. The molecule has 0 N–H and O–H groups in total. The van der Waals surface area contributed by atoms with E-state index in [1.54, 1.807) is 12.4 Å². The van der Waals surface area contributed by atoms with E-state index in [-0.39, 0.29) is 6.61 Å². The van der Waals surface area contributed by atoms with E-state index in [9.17, 15) is 10.1 Å². The molecule has 0 bridgehead atoms. The molecule has 1 heterocycles. The second-order valence-electron chi connectivity index (χ2n) is 3.49. The molecule has 0 aromatic heterocycles. The van der Waals surface area contributed by atoms with Crippen LogP contribution >= 0.6 is 0 Å². The molecule has 0 aliphatic carbocycles. The summed E-state index contributed by atoms with van der Waals surface area (Å²) in [7, 11) is 0. The number of rotatable bonds is 3. The van der Waals surface area contributed by atoms with Crippen molar-refractivity contribution in [3.05, 3.63) is 34.0 Å². The second-order valence-corrected chi connectivity index (χ2v) is 3.49. The van der Waals surface area contributed by atoms with Gasteiger partial charge in [0.2, 0.25) is 0 Å². The highest BCUT2D eigenvalue weighted by Crippen LogP contribution is 2.19. The quantitative estimate of drug-likeness (QED) is 0.510. The molecule has 1 unspecified atom stereocenters. The largest absolute Gasteiger partial charge is 0.313 e. The highest BCUT2D eigenvalue weighted by molar-refractivity contribution is 5.70. The Morgan fingerprint density at radius 2 is 2.43 bits per heavy atom. The van der Waals surface area contributed by atoms with Crippen LogP contribution in [0.4, 0.5) is 0 Å². The Hall–Kier alpha value is -1.65. The maximum Gasteiger partial charge on any atom is 0.294 e. The molecule has 0 saturated heterocycles. The fourth-order valence-electron chi connectivity index (χ4n) is 1.01. The summed E-state index contributed by atoms with van der Waals surface area (Å²) in [5.41, 5.74) is 0.493. The van der Waals surface area contributed by atoms with Gasteiger partial charge in [-0.05, 0) is 19.4 Å². The molecule has 0 saturated carbocycles. The average molecular weight is 196 g/mol. The van der Waals surface area contributed by atoms with Gasteiger partial charge in [-0.1, -0.05) is 12.2 Å². The monoisotopic (exact) mass is 196 g/mol. The van der Waals surface area contributed by atoms with Crippen molar-refractivity contribution in [2.24, 2.45) is 10.4 Å². The van der Waals surface area contributed by atoms with Crippen LogP contribution in [-0.2, 0) is 4.84 Å². The molecule has 0 aromatic rings. The molecule has 5 heteroatoms. The van der Waals surface area contributed by atoms with E-state index in [4.69, 9.17) is 0 Å². The Morgan fingerprint density at radius 1 is 1.71 bits per heavy atom. The van der Waals surface area contributed by atoms with Crippen LogP contribution in [0, 0.1) is 15.5 Å². The minimum atomic E-state index is -0.794. The zero-order valence-electron chi connectivity index (χ0n) is 8.14. The summed E-state index contributed by atoms with van der Waals surface area (Å²) in [6, 6.07) is 0. The lowest BCUT2D eigenvalue weighted by molar-refractivity contribution is -0.759. The van der Waals surface area contributed by atoms with E-state index >= 15 is 0 Å². The lowest BCUT2D eigenvalue weighted by Gasteiger charge is -2.17. The molecule has 14 heavy (non-hydrogen) atoms. The second kappa shape index (κ2) is 4.04. The lowest BCUT2D eigenvalue weighted by Crippen LogP contribution is -2.24. The van der Waals surface area contributed by atoms with Gasteiger partial charge in [0.15, 0.2) is 0 Å². The summed E-state index contributed by atoms with van der Waals surface area (Å²) in [5.74, 6) is 0. The Labute approximate surface area is 81.9 Å². The van der Waals surface area contributed by atoms with E-state index in [2.05, 4.69) is 9.83 Å². The summed E-state index contributed by atoms with van der Waals surface area (Å²) < 4.78 is 0. The van der Waals surface area contributed by atoms with Crippen molar-refractivity contribution in [2.75, 3.05) is 6.61 Å². The van der Waals surface area contributed by atoms with Gasteiger partial charge in [-0.2, -0.15) is 0 Å². The number of allylic oxidation sites excluding steroid dienone is 2. The van der Waals surface area contributed by atoms with E-state index in [0.29, 0.717) is 0 Å². The first kappa shape index (κ1) is 10.4. The third-order valence-electron chi connectivity index (χ3n) is 1.86. The van der Waals surface area contributed by atoms with Crippen molar-refractivity contribution in [2.45, 2.75) is 13.8 Å². The molecular formula is C9H12N2O3. The van der Waals surface area contributed by atoms with Crippen LogP contribution in [-0.4, -0.2) is 17.9 Å². The van der Waals surface area contributed by atoms with E-state index in [1.165, 1.54) is 0 Å². The molecule has 0 radical (unpaired) electrons. The van der Waals surface area contributed by atoms with Crippen LogP contribution < -0.4 is 0 Å². The smallest absolute Gasteiger partial charge is 0.294 e. The summed E-state index contributed by atoms with van der Waals surface area (Å²) in [6.45, 7) is 3.72. The van der Waals surface area contributed by atoms with Gasteiger partial charge in [-0.25, -0.2) is 0 Å². The maximum absolute atomic E-state index is 10.0. The van der Waals surface area contributed by atoms with Gasteiger partial charge >= 0.3 is 0 Å². The lowest BCUT2D eigenvalue weighted by atomic mass is 9.93. The predicted octanol–water partition coefficient (Wildman–Crippen LogP) is 1.75. The SMILES string of the molecule is CC1=CN=CC(C)(CO[N+](=O)[O-])C=C1. The number of aliphatic imine (C=N–C) groups is 1. The van der Waals surface area contributed by atoms with Crippen molar-refractivity contribution < 1.29 is 9.92 Å². The van der Waals surface area contributed by atoms with Gasteiger partial charge in [0.05, 0.1) is 0 Å². The zero-order valence-corrected chi connectivity index (χ0v) is 8.14. The third kappa shape index (κ3) is 3.01. The van der Waals surface area contributed by atoms with Crippen molar-refractivity contribution in [1.29, 1.82) is 0 Å². The van der Waals surface area contributed by atoms with E-state index in [1.807, 2.05) is 26.0 Å². The number of nitrogens with zero attached hydrogens (tertiary/aromatic N) is 2. The molecule has 5 nitrogen and oxygen atoms in total. The molecule has 76 valence electrons. The predicted molar refractivity (Wildman–Crippen MR) is 52.4 cm³/mol. The Balaban J connectivity index is 2.67. The van der Waals surface area contributed by atoms with Gasteiger partial charge in [0.25, 0.3) is 5.09 Å². The van der Waals surface area contributed by atoms with E-state index < -0.39 is 10.5 Å². The molecule has 0 spiro atoms. The van der Waals surface area contributed by atoms with Crippen molar-refractivity contribution in [3.8, 4) is 0 Å². The van der Waals surface area contributed by atoms with Gasteiger partial charge in [-0.3, -0.25) is 4.99 Å². The summed E-state index contributed by atoms with van der Waals surface area (Å²) in [5, 5.41) is 9.24. The molecule has 1 atom stereocenters. The molecular weight excluding hydrogens is 184 g/mol. The van der Waals surface area contributed by atoms with Gasteiger partial charge in [0.1, 0.15) is 6.61 Å². The number of hydrogen-bond donors (Lipinski definition) is 0. The summed E-state index contributed by atoms with van der Waals surface area (Å²) in [6.07, 6.45) is 7.06. The molecule has 1 rings (SSSR count). The van der Waals surface area contributed by atoms with Crippen molar-refractivity contribution in [3.63, 3.8) is 0 Å². The molecule has 1 aliphatic heterocycles. The molecule has 0 fully saturated rings. The van der Waals surface area contributed by atoms with Crippen LogP contribution in [0.1, 0.15) is 13.8 Å². The van der Waals surface area contributed by atoms with Crippen molar-refractivity contribution in [1.82, 2.24) is 0 Å². The minimum absolute atomic E-state index is 0.0128. The maximum atomic E-state index is 10.0. The van der Waals surface area contributed by atoms with Crippen LogP contribution in [0.25, 0.3) is 0 Å². The van der Waals surface area contributed by atoms with Gasteiger partial charge < -0.3 is 4.84 Å². The Bertz CT molecular complexity index is 320. The molecule has 1 aliphatic rings. The standard InChI is InChI=1S/C9H12N2O3/c1-8-3-4-9(2,6-10-5-8)7-14-11(12)13/h3-6H,7H2,1-2H3. The fourth-order valence-corrected chi connectivity index (χ4v) is 1.01. The summed E-state index contributed by atoms with van der Waals surface area (Å²) >= 11 is 0. The van der Waals surface area contributed by atoms with Gasteiger partial charge in [0, 0.05) is 17.8 Å². The first-order valence-corrected chi connectivity index (χ1v) is 4.19. The number of hydrogen-bond acceptors (Lipinski definition) is 4. The van der Waals surface area contributed by atoms with Crippen LogP contribution in [0.5, 0.6) is 0 Å². The van der Waals surface area contributed by atoms with Crippen LogP contribution in [0.15, 0.2) is 28.9 Å².